The molecule has 0 spiro atoms. The Morgan fingerprint density at radius 1 is 1.00 bits per heavy atom. The molecule has 1 saturated carbocycles. The highest BCUT2D eigenvalue weighted by atomic mass is 16.5. The Morgan fingerprint density at radius 2 is 1.68 bits per heavy atom. The molecular formula is C32H54N2O3. The van der Waals surface area contributed by atoms with Gasteiger partial charge in [0.05, 0.1) is 13.2 Å². The molecule has 5 nitrogen and oxygen atoms in total. The van der Waals surface area contributed by atoms with Crippen molar-refractivity contribution < 1.29 is 14.3 Å². The van der Waals surface area contributed by atoms with Gasteiger partial charge in [-0.2, -0.15) is 0 Å². The number of benzene rings is 1. The first-order valence-electron chi connectivity index (χ1n) is 14.4. The number of rotatable bonds is 11. The second-order valence-corrected chi connectivity index (χ2v) is 10.00. The zero-order valence-electron chi connectivity index (χ0n) is 24.8. The van der Waals surface area contributed by atoms with E-state index in [1.807, 2.05) is 0 Å². The number of hydrogen-bond donors (Lipinski definition) is 1. The van der Waals surface area contributed by atoms with Gasteiger partial charge in [-0.05, 0) is 69.9 Å². The second kappa shape index (κ2) is 21.6. The quantitative estimate of drug-likeness (QED) is 0.240. The zero-order valence-corrected chi connectivity index (χ0v) is 24.8. The average molecular weight is 515 g/mol. The second-order valence-electron chi connectivity index (χ2n) is 10.00. The summed E-state index contributed by atoms with van der Waals surface area (Å²) in [5, 5.41) is 0. The minimum Gasteiger partial charge on any atom is -0.461 e. The topological polar surface area (TPSA) is 81.8 Å². The summed E-state index contributed by atoms with van der Waals surface area (Å²) in [5.74, 6) is 0.474. The van der Waals surface area contributed by atoms with Gasteiger partial charge in [0.1, 0.15) is 5.70 Å². The lowest BCUT2D eigenvalue weighted by Crippen LogP contribution is -2.23. The molecular weight excluding hydrogens is 460 g/mol. The molecule has 2 N–H and O–H groups in total. The number of allylic oxidation sites excluding steroid dienone is 1. The molecule has 1 fully saturated rings. The van der Waals surface area contributed by atoms with Crippen LogP contribution in [0.3, 0.4) is 0 Å². The van der Waals surface area contributed by atoms with Gasteiger partial charge in [-0.3, -0.25) is 9.79 Å². The number of nitrogens with zero attached hydrogens (tertiary/aromatic N) is 1. The van der Waals surface area contributed by atoms with Crippen molar-refractivity contribution in [1.29, 1.82) is 0 Å². The van der Waals surface area contributed by atoms with Crippen molar-refractivity contribution in [3.63, 3.8) is 0 Å². The van der Waals surface area contributed by atoms with Crippen LogP contribution in [0.5, 0.6) is 0 Å². The monoisotopic (exact) mass is 514 g/mol. The molecule has 5 heteroatoms. The number of aryl methyl sites for hydroxylation is 2. The Bertz CT molecular complexity index is 842. The standard InChI is InChI=1S/C13H20N2O3.C10H14.C9H20/c1-3-18-13(17)12(14)10-6-4-5-7-11(10)15-8-9(2)16;1-3-6-10-8-5-4-7-9(10)2;1-4-6-8-9(3)7-5-2/h3-8,14H2,1-2H3;4-5,7-8H,3,6H2,1-2H3;9H,4-8H2,1-3H3/b12-10-,15-11?;;. The van der Waals surface area contributed by atoms with Gasteiger partial charge >= 0.3 is 5.97 Å². The molecule has 0 heterocycles. The number of ketones is 1. The number of unbranched alkanes of at least 4 members (excludes halogenated alkanes) is 1. The van der Waals surface area contributed by atoms with Gasteiger partial charge < -0.3 is 10.5 Å². The first-order chi connectivity index (χ1) is 17.7. The maximum Gasteiger partial charge on any atom is 0.354 e. The summed E-state index contributed by atoms with van der Waals surface area (Å²) in [7, 11) is 0. The van der Waals surface area contributed by atoms with E-state index in [0.717, 1.165) is 42.9 Å². The summed E-state index contributed by atoms with van der Waals surface area (Å²) in [6.07, 6.45) is 12.9. The van der Waals surface area contributed by atoms with E-state index in [2.05, 4.69) is 63.9 Å². The fourth-order valence-corrected chi connectivity index (χ4v) is 4.24. The molecule has 0 amide bonds. The van der Waals surface area contributed by atoms with E-state index in [1.54, 1.807) is 6.92 Å². The first kappa shape index (κ1) is 34.6. The normalized spacial score (nSPS) is 16.0. The summed E-state index contributed by atoms with van der Waals surface area (Å²) < 4.78 is 4.89. The number of ether oxygens (including phenoxy) is 1. The predicted molar refractivity (Wildman–Crippen MR) is 158 cm³/mol. The number of Topliss-reactive ketones (excluding diaryl/α,β-unsaturated/α-hetero) is 1. The SMILES string of the molecule is CCCCC(C)CCC.CCCc1ccccc1C.CCOC(=O)/C(N)=C1\CCCCC1=NCC(C)=O. The van der Waals surface area contributed by atoms with E-state index >= 15 is 0 Å². The van der Waals surface area contributed by atoms with Crippen LogP contribution in [0.2, 0.25) is 0 Å². The van der Waals surface area contributed by atoms with Crippen molar-refractivity contribution in [1.82, 2.24) is 0 Å². The molecule has 0 saturated heterocycles. The van der Waals surface area contributed by atoms with E-state index in [0.29, 0.717) is 6.61 Å². The van der Waals surface area contributed by atoms with Crippen LogP contribution in [0.25, 0.3) is 0 Å². The maximum absolute atomic E-state index is 11.6. The van der Waals surface area contributed by atoms with Crippen molar-refractivity contribution in [2.75, 3.05) is 13.2 Å². The molecule has 0 radical (unpaired) electrons. The highest BCUT2D eigenvalue weighted by molar-refractivity contribution is 6.07. The Labute approximate surface area is 227 Å². The smallest absolute Gasteiger partial charge is 0.354 e. The van der Waals surface area contributed by atoms with Crippen LogP contribution in [0, 0.1) is 12.8 Å². The first-order valence-corrected chi connectivity index (χ1v) is 14.4. The van der Waals surface area contributed by atoms with Crippen LogP contribution >= 0.6 is 0 Å². The minimum absolute atomic E-state index is 0.00197. The van der Waals surface area contributed by atoms with E-state index in [-0.39, 0.29) is 18.0 Å². The van der Waals surface area contributed by atoms with E-state index in [9.17, 15) is 9.59 Å². The molecule has 0 bridgehead atoms. The lowest BCUT2D eigenvalue weighted by Gasteiger charge is -2.18. The lowest BCUT2D eigenvalue weighted by atomic mass is 9.91. The van der Waals surface area contributed by atoms with Crippen molar-refractivity contribution in [2.24, 2.45) is 16.6 Å². The third-order valence-electron chi connectivity index (χ3n) is 6.36. The molecule has 1 atom stereocenters. The molecule has 37 heavy (non-hydrogen) atoms. The molecule has 1 aromatic rings. The summed E-state index contributed by atoms with van der Waals surface area (Å²) in [5.41, 5.74) is 10.4. The Kier molecular flexibility index (Phi) is 20.2. The van der Waals surface area contributed by atoms with E-state index in [1.165, 1.54) is 63.0 Å². The van der Waals surface area contributed by atoms with Gasteiger partial charge in [0.15, 0.2) is 5.78 Å². The molecule has 1 aromatic carbocycles. The van der Waals surface area contributed by atoms with Crippen LogP contribution in [0.15, 0.2) is 40.5 Å². The van der Waals surface area contributed by atoms with Crippen molar-refractivity contribution in [2.45, 2.75) is 119 Å². The number of nitrogens with two attached hydrogens (primary N) is 1. The van der Waals surface area contributed by atoms with Gasteiger partial charge in [0.2, 0.25) is 0 Å². The van der Waals surface area contributed by atoms with Crippen LogP contribution in [0.4, 0.5) is 0 Å². The fraction of sp³-hybridized carbons (Fsp3) is 0.656. The average Bonchev–Trinajstić information content (AvgIpc) is 2.88. The number of hydrogen-bond acceptors (Lipinski definition) is 5. The predicted octanol–water partition coefficient (Wildman–Crippen LogP) is 7.93. The van der Waals surface area contributed by atoms with E-state index < -0.39 is 5.97 Å². The Balaban J connectivity index is 0.000000577. The molecule has 0 aliphatic heterocycles. The number of aliphatic imine (C=N–C) groups is 1. The lowest BCUT2D eigenvalue weighted by molar-refractivity contribution is -0.138. The number of esters is 1. The fourth-order valence-electron chi connectivity index (χ4n) is 4.24. The largest absolute Gasteiger partial charge is 0.461 e. The summed E-state index contributed by atoms with van der Waals surface area (Å²) >= 11 is 0. The van der Waals surface area contributed by atoms with Crippen LogP contribution in [0.1, 0.15) is 117 Å². The minimum atomic E-state index is -0.495. The van der Waals surface area contributed by atoms with E-state index in [4.69, 9.17) is 10.5 Å². The molecule has 1 aliphatic rings. The van der Waals surface area contributed by atoms with Crippen molar-refractivity contribution >= 4 is 17.5 Å². The van der Waals surface area contributed by atoms with Gasteiger partial charge in [0.25, 0.3) is 0 Å². The van der Waals surface area contributed by atoms with Crippen LogP contribution in [-0.2, 0) is 20.7 Å². The Hall–Kier alpha value is -2.43. The summed E-state index contributed by atoms with van der Waals surface area (Å²) in [6.45, 7) is 15.0. The summed E-state index contributed by atoms with van der Waals surface area (Å²) in [4.78, 5) is 26.8. The highest BCUT2D eigenvalue weighted by Gasteiger charge is 2.20. The zero-order chi connectivity index (χ0) is 28.1. The molecule has 1 unspecified atom stereocenters. The van der Waals surface area contributed by atoms with Gasteiger partial charge in [-0.1, -0.05) is 90.5 Å². The van der Waals surface area contributed by atoms with Crippen molar-refractivity contribution in [3.05, 3.63) is 46.7 Å². The highest BCUT2D eigenvalue weighted by Crippen LogP contribution is 2.23. The van der Waals surface area contributed by atoms with Gasteiger partial charge in [0, 0.05) is 11.3 Å². The summed E-state index contributed by atoms with van der Waals surface area (Å²) in [6, 6.07) is 8.58. The third-order valence-corrected chi connectivity index (χ3v) is 6.36. The van der Waals surface area contributed by atoms with Gasteiger partial charge in [-0.25, -0.2) is 4.79 Å². The Morgan fingerprint density at radius 3 is 2.24 bits per heavy atom. The maximum atomic E-state index is 11.6. The number of carbonyl (C=O) groups is 2. The molecule has 0 aromatic heterocycles. The third kappa shape index (κ3) is 16.1. The van der Waals surface area contributed by atoms with Crippen LogP contribution < -0.4 is 5.73 Å². The molecule has 1 aliphatic carbocycles. The number of carbonyl (C=O) groups excluding carboxylic acids is 2. The van der Waals surface area contributed by atoms with Crippen LogP contribution in [-0.4, -0.2) is 30.6 Å². The molecule has 210 valence electrons. The van der Waals surface area contributed by atoms with Gasteiger partial charge in [-0.15, -0.1) is 0 Å². The van der Waals surface area contributed by atoms with Crippen molar-refractivity contribution in [3.8, 4) is 0 Å². The molecule has 2 rings (SSSR count).